The molecule has 0 nitrogen and oxygen atoms in total. The number of rotatable bonds is 0. The second kappa shape index (κ2) is 23.0. The Kier molecular flexibility index (Phi) is 103. The van der Waals surface area contributed by atoms with Crippen LogP contribution >= 0.6 is 19.0 Å². The van der Waals surface area contributed by atoms with E-state index in [4.69, 9.17) is 0 Å². The monoisotopic (exact) mass is 218 g/mol. The molecular weight excluding hydrogens is 217 g/mol. The summed E-state index contributed by atoms with van der Waals surface area (Å²) in [7, 11) is 0. The van der Waals surface area contributed by atoms with Crippen molar-refractivity contribution in [2.75, 3.05) is 0 Å². The van der Waals surface area contributed by atoms with E-state index in [2.05, 4.69) is 6.60 Å². The average Bonchev–Trinajstić information content (AvgIpc) is 1.00. The fraction of sp³-hybridized carbons (Fsp3) is 0. The van der Waals surface area contributed by atoms with Crippen LogP contribution in [0.1, 0.15) is 0 Å². The van der Waals surface area contributed by atoms with Gasteiger partial charge in [0.1, 0.15) is 0 Å². The van der Waals surface area contributed by atoms with Gasteiger partial charge in [0, 0.05) is 0 Å². The average molecular weight is 220 g/mol. The summed E-state index contributed by atoms with van der Waals surface area (Å²) < 4.78 is 0. The third kappa shape index (κ3) is 17.6. The Bertz CT molecular complexity index is 9.61. The normalized spacial score (nSPS) is 1.40. The summed E-state index contributed by atoms with van der Waals surface area (Å²) in [4.78, 5) is 0. The topological polar surface area (TPSA) is 0 Å². The SMILES string of the molecule is Cl.[KH].[K][Br].[NaH]. The molecule has 5 heavy (non-hydrogen) atoms. The van der Waals surface area contributed by atoms with E-state index in [1.54, 1.807) is 0 Å². The molecule has 0 aliphatic carbocycles. The van der Waals surface area contributed by atoms with Gasteiger partial charge < -0.3 is 0 Å². The van der Waals surface area contributed by atoms with Crippen molar-refractivity contribution in [2.45, 2.75) is 0 Å². The van der Waals surface area contributed by atoms with Gasteiger partial charge in [-0.1, -0.05) is 0 Å². The molecule has 0 N–H and O–H groups in total. The van der Waals surface area contributed by atoms with Crippen LogP contribution in [0.4, 0.5) is 0 Å². The van der Waals surface area contributed by atoms with Crippen LogP contribution in [0.15, 0.2) is 0 Å². The van der Waals surface area contributed by atoms with Crippen molar-refractivity contribution in [1.82, 2.24) is 0 Å². The summed E-state index contributed by atoms with van der Waals surface area (Å²) in [6.45, 7) is 3.12. The van der Waals surface area contributed by atoms with Gasteiger partial charge in [-0.25, -0.2) is 0 Å². The van der Waals surface area contributed by atoms with E-state index in [9.17, 15) is 0 Å². The molecule has 0 rings (SSSR count). The zero-order chi connectivity index (χ0) is 2.00. The van der Waals surface area contributed by atoms with E-state index in [-0.39, 0.29) is 93.3 Å². The van der Waals surface area contributed by atoms with Gasteiger partial charge in [-0.05, 0) is 0 Å². The van der Waals surface area contributed by atoms with Crippen LogP contribution in [0, 0.1) is 0 Å². The molecule has 0 aromatic carbocycles. The first-order valence-corrected chi connectivity index (χ1v) is 8.10. The first-order valence-electron chi connectivity index (χ1n) is 0.378. The van der Waals surface area contributed by atoms with Gasteiger partial charge in [0.25, 0.3) is 0 Å². The van der Waals surface area contributed by atoms with Crippen molar-refractivity contribution in [3.63, 3.8) is 0 Å². The molecule has 0 aromatic heterocycles. The minimum atomic E-state index is 0. The Morgan fingerprint density at radius 2 is 1.20 bits per heavy atom. The molecule has 0 aliphatic rings. The number of hydrogen-bond donors (Lipinski definition) is 0. The molecule has 0 atom stereocenters. The molecule has 0 aromatic rings. The molecule has 0 unspecified atom stereocenters. The Hall–Kier alpha value is 5.04. The van der Waals surface area contributed by atoms with Crippen LogP contribution in [0.25, 0.3) is 0 Å². The van der Waals surface area contributed by atoms with Crippen LogP contribution in [-0.4, -0.2) is 126 Å². The van der Waals surface area contributed by atoms with Crippen LogP contribution in [0.5, 0.6) is 0 Å². The van der Waals surface area contributed by atoms with Crippen molar-refractivity contribution in [3.8, 4) is 0 Å². The van der Waals surface area contributed by atoms with Crippen molar-refractivity contribution in [2.24, 2.45) is 0 Å². The predicted molar refractivity (Wildman–Crippen MR) is 36.2 cm³/mol. The second-order valence-corrected chi connectivity index (χ2v) is 0. The Morgan fingerprint density at radius 1 is 1.20 bits per heavy atom. The van der Waals surface area contributed by atoms with E-state index in [0.29, 0.717) is 0 Å². The fourth-order valence-electron chi connectivity index (χ4n) is 0. The van der Waals surface area contributed by atoms with Crippen molar-refractivity contribution >= 4 is 145 Å². The fourth-order valence-corrected chi connectivity index (χ4v) is 0. The first-order chi connectivity index (χ1) is 1.00. The molecule has 0 saturated heterocycles. The van der Waals surface area contributed by atoms with Crippen LogP contribution in [0.2, 0.25) is 0 Å². The molecule has 20 valence electrons. The summed E-state index contributed by atoms with van der Waals surface area (Å²) in [5.41, 5.74) is 0. The van der Waals surface area contributed by atoms with Gasteiger partial charge in [0.05, 0.1) is 0 Å². The molecule has 0 fully saturated rings. The van der Waals surface area contributed by atoms with E-state index >= 15 is 0 Å². The second-order valence-electron chi connectivity index (χ2n) is 0. The Balaban J connectivity index is -0.00000000167. The molecule has 0 aliphatic heterocycles. The zero-order valence-corrected chi connectivity index (χ0v) is 7.31. The van der Waals surface area contributed by atoms with Crippen molar-refractivity contribution < 1.29 is 0 Å². The van der Waals surface area contributed by atoms with E-state index in [1.165, 1.54) is 0 Å². The van der Waals surface area contributed by atoms with Crippen LogP contribution in [-0.2, 0) is 0 Å². The van der Waals surface area contributed by atoms with Crippen molar-refractivity contribution in [3.05, 3.63) is 0 Å². The summed E-state index contributed by atoms with van der Waals surface area (Å²) >= 11 is 0.875. The van der Waals surface area contributed by atoms with Gasteiger partial charge in [0.2, 0.25) is 0 Å². The summed E-state index contributed by atoms with van der Waals surface area (Å²) in [5, 5.41) is 0. The summed E-state index contributed by atoms with van der Waals surface area (Å²) in [6, 6.07) is 0. The van der Waals surface area contributed by atoms with Gasteiger partial charge in [0.15, 0.2) is 0 Å². The number of hydrogen-bond acceptors (Lipinski definition) is 0. The molecule has 0 radical (unpaired) electrons. The van der Waals surface area contributed by atoms with Gasteiger partial charge >= 0.3 is 133 Å². The third-order valence-electron chi connectivity index (χ3n) is 0. The molecule has 0 amide bonds. The zero-order valence-electron chi connectivity index (χ0n) is 1.79. The molecule has 5 heteroatoms. The predicted octanol–water partition coefficient (Wildman–Crippen LogP) is -0.410. The molecule has 0 spiro atoms. The van der Waals surface area contributed by atoms with Gasteiger partial charge in [-0.3, -0.25) is 0 Å². The summed E-state index contributed by atoms with van der Waals surface area (Å²) in [6.07, 6.45) is 0. The Morgan fingerprint density at radius 3 is 1.20 bits per heavy atom. The maximum atomic E-state index is 3.12. The Labute approximate surface area is 140 Å². The maximum absolute atomic E-state index is 3.12. The summed E-state index contributed by atoms with van der Waals surface area (Å²) in [5.74, 6) is 0. The molecule has 0 bridgehead atoms. The van der Waals surface area contributed by atoms with E-state index in [1.807, 2.05) is 0 Å². The third-order valence-corrected chi connectivity index (χ3v) is 0. The van der Waals surface area contributed by atoms with E-state index in [0.717, 1.165) is 45.4 Å². The van der Waals surface area contributed by atoms with Gasteiger partial charge in [-0.2, -0.15) is 0 Å². The van der Waals surface area contributed by atoms with Crippen LogP contribution < -0.4 is 0 Å². The molecular formula is H3BrClK2Na. The van der Waals surface area contributed by atoms with Crippen LogP contribution in [0.3, 0.4) is 0 Å². The standard InChI is InChI=1S/BrH.ClH.2K.Na.2H/h2*1H;;;;;/q;;;+1;;;/p-1. The number of halogens is 2. The van der Waals surface area contributed by atoms with Gasteiger partial charge in [-0.15, -0.1) is 12.4 Å². The van der Waals surface area contributed by atoms with E-state index < -0.39 is 0 Å². The molecule has 0 saturated carbocycles. The molecule has 0 heterocycles. The minimum absolute atomic E-state index is 0. The van der Waals surface area contributed by atoms with Crippen molar-refractivity contribution in [1.29, 1.82) is 0 Å². The first kappa shape index (κ1) is 22.5. The quantitative estimate of drug-likeness (QED) is 0.486.